The van der Waals surface area contributed by atoms with Crippen LogP contribution in [0.4, 0.5) is 13.2 Å². The molecule has 0 N–H and O–H groups in total. The summed E-state index contributed by atoms with van der Waals surface area (Å²) in [4.78, 5) is 3.77. The molecule has 0 saturated heterocycles. The summed E-state index contributed by atoms with van der Waals surface area (Å²) in [5.41, 5.74) is -0.697. The lowest BCUT2D eigenvalue weighted by atomic mass is 10.3. The molecule has 0 unspecified atom stereocenters. The number of hydrogen-bond acceptors (Lipinski definition) is 2. The quantitative estimate of drug-likeness (QED) is 0.455. The van der Waals surface area contributed by atoms with Crippen molar-refractivity contribution >= 4 is 27.7 Å². The van der Waals surface area contributed by atoms with E-state index < -0.39 is 11.7 Å². The fourth-order valence-electron chi connectivity index (χ4n) is 1.01. The van der Waals surface area contributed by atoms with Gasteiger partial charge in [0.1, 0.15) is 0 Å². The standard InChI is InChI=1S/C10H11BrF3NS/c11-5-1-2-6-16-9-4-3-8(7-15-9)10(12,13)14/h3-4,7H,1-2,5-6H2. The van der Waals surface area contributed by atoms with Crippen molar-refractivity contribution in [3.8, 4) is 0 Å². The van der Waals surface area contributed by atoms with Crippen molar-refractivity contribution in [2.45, 2.75) is 24.0 Å². The molecular formula is C10H11BrF3NS. The van der Waals surface area contributed by atoms with E-state index in [1.165, 1.54) is 17.8 Å². The first-order chi connectivity index (χ1) is 7.54. The fraction of sp³-hybridized carbons (Fsp3) is 0.500. The molecule has 1 aromatic heterocycles. The largest absolute Gasteiger partial charge is 0.417 e. The monoisotopic (exact) mass is 313 g/mol. The van der Waals surface area contributed by atoms with E-state index in [4.69, 9.17) is 0 Å². The van der Waals surface area contributed by atoms with Crippen molar-refractivity contribution in [3.63, 3.8) is 0 Å². The maximum absolute atomic E-state index is 12.2. The van der Waals surface area contributed by atoms with Gasteiger partial charge in [-0.05, 0) is 30.7 Å². The smallest absolute Gasteiger partial charge is 0.249 e. The summed E-state index contributed by atoms with van der Waals surface area (Å²) >= 11 is 4.80. The molecule has 6 heteroatoms. The minimum absolute atomic E-state index is 0.641. The van der Waals surface area contributed by atoms with E-state index in [2.05, 4.69) is 20.9 Å². The van der Waals surface area contributed by atoms with Crippen LogP contribution in [0.2, 0.25) is 0 Å². The van der Waals surface area contributed by atoms with Gasteiger partial charge in [0.25, 0.3) is 0 Å². The molecule has 1 aromatic rings. The molecule has 0 bridgehead atoms. The zero-order chi connectivity index (χ0) is 12.0. The Balaban J connectivity index is 2.46. The highest BCUT2D eigenvalue weighted by molar-refractivity contribution is 9.09. The van der Waals surface area contributed by atoms with Crippen molar-refractivity contribution in [2.75, 3.05) is 11.1 Å². The van der Waals surface area contributed by atoms with Crippen LogP contribution in [0.5, 0.6) is 0 Å². The zero-order valence-corrected chi connectivity index (χ0v) is 10.8. The second-order valence-electron chi connectivity index (χ2n) is 3.13. The van der Waals surface area contributed by atoms with Crippen LogP contribution >= 0.6 is 27.7 Å². The second kappa shape index (κ2) is 6.49. The molecule has 0 spiro atoms. The Morgan fingerprint density at radius 3 is 2.50 bits per heavy atom. The van der Waals surface area contributed by atoms with Crippen molar-refractivity contribution in [1.82, 2.24) is 4.98 Å². The van der Waals surface area contributed by atoms with Gasteiger partial charge in [-0.1, -0.05) is 15.9 Å². The summed E-state index contributed by atoms with van der Waals surface area (Å²) in [5, 5.41) is 1.59. The first kappa shape index (κ1) is 13.8. The Kier molecular flexibility index (Phi) is 5.61. The molecule has 0 aliphatic rings. The Bertz CT molecular complexity index is 313. The Labute approximate surface area is 105 Å². The summed E-state index contributed by atoms with van der Waals surface area (Å²) in [6, 6.07) is 2.49. The van der Waals surface area contributed by atoms with E-state index in [0.29, 0.717) is 5.03 Å². The van der Waals surface area contributed by atoms with Gasteiger partial charge in [0.2, 0.25) is 0 Å². The molecule has 90 valence electrons. The molecule has 0 radical (unpaired) electrons. The fourth-order valence-corrected chi connectivity index (χ4v) is 2.25. The van der Waals surface area contributed by atoms with Crippen LogP contribution in [0.3, 0.4) is 0 Å². The topological polar surface area (TPSA) is 12.9 Å². The third-order valence-electron chi connectivity index (χ3n) is 1.84. The average Bonchev–Trinajstić information content (AvgIpc) is 2.24. The maximum atomic E-state index is 12.2. The normalized spacial score (nSPS) is 11.8. The van der Waals surface area contributed by atoms with Crippen LogP contribution in [-0.4, -0.2) is 16.1 Å². The molecular weight excluding hydrogens is 303 g/mol. The Hall–Kier alpha value is -0.230. The van der Waals surface area contributed by atoms with E-state index in [9.17, 15) is 13.2 Å². The van der Waals surface area contributed by atoms with Gasteiger partial charge in [-0.25, -0.2) is 4.98 Å². The highest BCUT2D eigenvalue weighted by atomic mass is 79.9. The van der Waals surface area contributed by atoms with Crippen molar-refractivity contribution in [1.29, 1.82) is 0 Å². The zero-order valence-electron chi connectivity index (χ0n) is 8.43. The van der Waals surface area contributed by atoms with E-state index >= 15 is 0 Å². The molecule has 0 aliphatic carbocycles. The minimum atomic E-state index is -4.30. The van der Waals surface area contributed by atoms with E-state index in [1.807, 2.05) is 0 Å². The first-order valence-electron chi connectivity index (χ1n) is 4.76. The van der Waals surface area contributed by atoms with E-state index in [1.54, 1.807) is 0 Å². The molecule has 1 nitrogen and oxygen atoms in total. The SMILES string of the molecule is FC(F)(F)c1ccc(SCCCCBr)nc1. The molecule has 0 fully saturated rings. The number of rotatable bonds is 5. The highest BCUT2D eigenvalue weighted by Gasteiger charge is 2.30. The molecule has 0 aliphatic heterocycles. The second-order valence-corrected chi connectivity index (χ2v) is 5.04. The van der Waals surface area contributed by atoms with Crippen LogP contribution in [-0.2, 0) is 6.18 Å². The average molecular weight is 314 g/mol. The number of aromatic nitrogens is 1. The molecule has 16 heavy (non-hydrogen) atoms. The number of alkyl halides is 4. The van der Waals surface area contributed by atoms with Crippen molar-refractivity contribution in [3.05, 3.63) is 23.9 Å². The van der Waals surface area contributed by atoms with Gasteiger partial charge in [-0.2, -0.15) is 13.2 Å². The Morgan fingerprint density at radius 2 is 2.00 bits per heavy atom. The summed E-state index contributed by atoms with van der Waals surface area (Å²) < 4.78 is 36.7. The van der Waals surface area contributed by atoms with Gasteiger partial charge in [0, 0.05) is 11.5 Å². The number of halogens is 4. The summed E-state index contributed by atoms with van der Waals surface area (Å²) in [7, 11) is 0. The van der Waals surface area contributed by atoms with Crippen LogP contribution in [0, 0.1) is 0 Å². The number of hydrogen-bond donors (Lipinski definition) is 0. The highest BCUT2D eigenvalue weighted by Crippen LogP contribution is 2.29. The number of unbranched alkanes of at least 4 members (excludes halogenated alkanes) is 1. The number of thioether (sulfide) groups is 1. The molecule has 0 aromatic carbocycles. The van der Waals surface area contributed by atoms with Crippen LogP contribution in [0.1, 0.15) is 18.4 Å². The molecule has 0 amide bonds. The third-order valence-corrected chi connectivity index (χ3v) is 3.43. The molecule has 0 atom stereocenters. The van der Waals surface area contributed by atoms with Crippen LogP contribution < -0.4 is 0 Å². The van der Waals surface area contributed by atoms with Crippen molar-refractivity contribution < 1.29 is 13.2 Å². The van der Waals surface area contributed by atoms with Gasteiger partial charge >= 0.3 is 6.18 Å². The van der Waals surface area contributed by atoms with Gasteiger partial charge in [0.05, 0.1) is 10.6 Å². The first-order valence-corrected chi connectivity index (χ1v) is 6.87. The third kappa shape index (κ3) is 4.74. The molecule has 1 heterocycles. The number of pyridine rings is 1. The lowest BCUT2D eigenvalue weighted by Crippen LogP contribution is -2.05. The summed E-state index contributed by atoms with van der Waals surface area (Å²) in [5.74, 6) is 0.879. The van der Waals surface area contributed by atoms with Gasteiger partial charge in [-0.3, -0.25) is 0 Å². The summed E-state index contributed by atoms with van der Waals surface area (Å²) in [6.45, 7) is 0. The Morgan fingerprint density at radius 1 is 1.25 bits per heavy atom. The van der Waals surface area contributed by atoms with Crippen LogP contribution in [0.15, 0.2) is 23.4 Å². The van der Waals surface area contributed by atoms with Gasteiger partial charge < -0.3 is 0 Å². The van der Waals surface area contributed by atoms with Gasteiger partial charge in [0.15, 0.2) is 0 Å². The van der Waals surface area contributed by atoms with E-state index in [-0.39, 0.29) is 0 Å². The van der Waals surface area contributed by atoms with Crippen molar-refractivity contribution in [2.24, 2.45) is 0 Å². The predicted octanol–water partition coefficient (Wildman–Crippen LogP) is 4.37. The lowest BCUT2D eigenvalue weighted by molar-refractivity contribution is -0.137. The van der Waals surface area contributed by atoms with Gasteiger partial charge in [-0.15, -0.1) is 11.8 Å². The maximum Gasteiger partial charge on any atom is 0.417 e. The lowest BCUT2D eigenvalue weighted by Gasteiger charge is -2.06. The van der Waals surface area contributed by atoms with E-state index in [0.717, 1.165) is 36.2 Å². The van der Waals surface area contributed by atoms with Crippen LogP contribution in [0.25, 0.3) is 0 Å². The number of nitrogens with zero attached hydrogens (tertiary/aromatic N) is 1. The minimum Gasteiger partial charge on any atom is -0.249 e. The summed E-state index contributed by atoms with van der Waals surface area (Å²) in [6.07, 6.45) is -1.33. The molecule has 1 rings (SSSR count). The molecule has 0 saturated carbocycles. The predicted molar refractivity (Wildman–Crippen MR) is 63.0 cm³/mol.